The van der Waals surface area contributed by atoms with Crippen LogP contribution in [0.1, 0.15) is 22.3 Å². The van der Waals surface area contributed by atoms with Crippen LogP contribution in [-0.4, -0.2) is 0 Å². The summed E-state index contributed by atoms with van der Waals surface area (Å²) in [5.41, 5.74) is 19.0. The van der Waals surface area contributed by atoms with Crippen LogP contribution in [0.15, 0.2) is 253 Å². The Morgan fingerprint density at radius 1 is 0.333 bits per heavy atom. The molecule has 0 unspecified atom stereocenters. The molecule has 0 saturated heterocycles. The minimum absolute atomic E-state index is 0.533. The van der Waals surface area contributed by atoms with E-state index in [1.54, 1.807) is 0 Å². The van der Waals surface area contributed by atoms with Crippen molar-refractivity contribution >= 4 is 39.0 Å². The predicted octanol–water partition coefficient (Wildman–Crippen LogP) is 16.4. The summed E-state index contributed by atoms with van der Waals surface area (Å²) in [5, 5.41) is 2.17. The third kappa shape index (κ3) is 5.95. The number of anilines is 3. The number of fused-ring (bicyclic) bond motifs is 6. The molecule has 1 aliphatic rings. The Kier molecular flexibility index (Phi) is 8.76. The van der Waals surface area contributed by atoms with Gasteiger partial charge in [-0.25, -0.2) is 0 Å². The summed E-state index contributed by atoms with van der Waals surface area (Å²) in [6.45, 7) is 0. The van der Waals surface area contributed by atoms with Crippen molar-refractivity contribution in [3.63, 3.8) is 0 Å². The maximum Gasteiger partial charge on any atom is 0.137 e. The van der Waals surface area contributed by atoms with Crippen molar-refractivity contribution in [2.75, 3.05) is 4.90 Å². The number of hydrogen-bond acceptors (Lipinski definition) is 2. The number of furan rings is 1. The fourth-order valence-corrected chi connectivity index (χ4v) is 10.2. The minimum atomic E-state index is -0.533. The molecule has 1 heterocycles. The molecular weight excluding hydrogens is 763 g/mol. The number of benzene rings is 10. The van der Waals surface area contributed by atoms with Crippen molar-refractivity contribution in [1.29, 1.82) is 0 Å². The second-order valence-corrected chi connectivity index (χ2v) is 16.4. The van der Waals surface area contributed by atoms with Gasteiger partial charge < -0.3 is 9.32 Å². The highest BCUT2D eigenvalue weighted by Gasteiger charge is 2.47. The zero-order valence-corrected chi connectivity index (χ0v) is 34.5. The van der Waals surface area contributed by atoms with Gasteiger partial charge in [0.1, 0.15) is 11.2 Å². The van der Waals surface area contributed by atoms with E-state index in [2.05, 4.69) is 248 Å². The molecule has 0 amide bonds. The SMILES string of the molecule is c1ccc(-c2cc(-c3ccccc3)cc(-c3ccc(N(c4cccc5c4-c4ccccc4C5(c4ccccc4)c4ccccc4)c4cccc5oc6ccccc6c45)cc3)c2)cc1. The van der Waals surface area contributed by atoms with Gasteiger partial charge >= 0.3 is 0 Å². The Morgan fingerprint density at radius 2 is 0.810 bits per heavy atom. The summed E-state index contributed by atoms with van der Waals surface area (Å²) < 4.78 is 6.56. The van der Waals surface area contributed by atoms with E-state index in [4.69, 9.17) is 4.42 Å². The van der Waals surface area contributed by atoms with Crippen LogP contribution in [0.4, 0.5) is 17.1 Å². The van der Waals surface area contributed by atoms with E-state index in [0.717, 1.165) is 44.6 Å². The van der Waals surface area contributed by atoms with Crippen LogP contribution in [-0.2, 0) is 5.41 Å². The summed E-state index contributed by atoms with van der Waals surface area (Å²) in [6, 6.07) is 90.2. The van der Waals surface area contributed by atoms with Gasteiger partial charge in [0.25, 0.3) is 0 Å². The normalized spacial score (nSPS) is 12.6. The van der Waals surface area contributed by atoms with E-state index in [-0.39, 0.29) is 0 Å². The standard InChI is InChI=1S/C61H41NO/c1-5-19-42(20-6-1)45-39-46(43-21-7-2-8-22-43)41-47(40-45)44-35-37-50(38-36-44)62(56-32-18-34-58-60(56)52-28-14-16-33-57(52)63-58)55-31-17-30-54-59(55)51-27-13-15-29-53(51)61(54,48-23-9-3-10-24-48)49-25-11-4-12-26-49/h1-41H. The van der Waals surface area contributed by atoms with Crippen LogP contribution in [0.25, 0.3) is 66.4 Å². The number of para-hydroxylation sites is 1. The first-order valence-corrected chi connectivity index (χ1v) is 21.7. The van der Waals surface area contributed by atoms with Crippen molar-refractivity contribution in [1.82, 2.24) is 0 Å². The molecule has 0 atom stereocenters. The van der Waals surface area contributed by atoms with Gasteiger partial charge in [0.05, 0.1) is 22.2 Å². The molecule has 12 rings (SSSR count). The molecule has 10 aromatic carbocycles. The van der Waals surface area contributed by atoms with Crippen LogP contribution in [0.5, 0.6) is 0 Å². The van der Waals surface area contributed by atoms with Crippen LogP contribution >= 0.6 is 0 Å². The lowest BCUT2D eigenvalue weighted by Gasteiger charge is -2.34. The first-order chi connectivity index (χ1) is 31.3. The lowest BCUT2D eigenvalue weighted by atomic mass is 9.68. The molecule has 0 aliphatic heterocycles. The molecule has 0 bridgehead atoms. The number of hydrogen-bond donors (Lipinski definition) is 0. The minimum Gasteiger partial charge on any atom is -0.456 e. The predicted molar refractivity (Wildman–Crippen MR) is 262 cm³/mol. The molecule has 1 aromatic heterocycles. The maximum atomic E-state index is 6.56. The first-order valence-electron chi connectivity index (χ1n) is 21.7. The summed E-state index contributed by atoms with van der Waals surface area (Å²) in [5.74, 6) is 0. The molecule has 296 valence electrons. The van der Waals surface area contributed by atoms with Crippen molar-refractivity contribution in [2.45, 2.75) is 5.41 Å². The Balaban J connectivity index is 1.10. The third-order valence-corrected chi connectivity index (χ3v) is 12.9. The largest absolute Gasteiger partial charge is 0.456 e. The van der Waals surface area contributed by atoms with E-state index >= 15 is 0 Å². The second kappa shape index (κ2) is 15.1. The van der Waals surface area contributed by atoms with E-state index in [9.17, 15) is 0 Å². The zero-order chi connectivity index (χ0) is 41.7. The topological polar surface area (TPSA) is 16.4 Å². The molecule has 0 radical (unpaired) electrons. The van der Waals surface area contributed by atoms with Crippen LogP contribution < -0.4 is 4.90 Å². The molecule has 11 aromatic rings. The average Bonchev–Trinajstić information content (AvgIpc) is 3.90. The number of rotatable bonds is 8. The Bertz CT molecular complexity index is 3330. The van der Waals surface area contributed by atoms with Gasteiger partial charge in [0, 0.05) is 16.6 Å². The van der Waals surface area contributed by atoms with E-state index in [1.807, 2.05) is 6.07 Å². The molecule has 2 heteroatoms. The fourth-order valence-electron chi connectivity index (χ4n) is 10.2. The molecule has 0 saturated carbocycles. The smallest absolute Gasteiger partial charge is 0.137 e. The van der Waals surface area contributed by atoms with Gasteiger partial charge in [0.15, 0.2) is 0 Å². The molecule has 0 fully saturated rings. The molecule has 0 N–H and O–H groups in total. The fraction of sp³-hybridized carbons (Fsp3) is 0.0164. The Labute approximate surface area is 367 Å². The van der Waals surface area contributed by atoms with Gasteiger partial charge in [-0.1, -0.05) is 194 Å². The molecule has 63 heavy (non-hydrogen) atoms. The number of nitrogens with zero attached hydrogens (tertiary/aromatic N) is 1. The zero-order valence-electron chi connectivity index (χ0n) is 34.5. The van der Waals surface area contributed by atoms with Gasteiger partial charge in [-0.15, -0.1) is 0 Å². The van der Waals surface area contributed by atoms with Crippen molar-refractivity contribution in [3.8, 4) is 44.5 Å². The van der Waals surface area contributed by atoms with Crippen LogP contribution in [0.3, 0.4) is 0 Å². The van der Waals surface area contributed by atoms with Gasteiger partial charge in [-0.3, -0.25) is 0 Å². The molecule has 1 aliphatic carbocycles. The van der Waals surface area contributed by atoms with Crippen molar-refractivity contribution in [2.24, 2.45) is 0 Å². The highest BCUT2D eigenvalue weighted by Crippen LogP contribution is 2.60. The average molecular weight is 804 g/mol. The van der Waals surface area contributed by atoms with Gasteiger partial charge in [-0.05, 0) is 116 Å². The second-order valence-electron chi connectivity index (χ2n) is 16.4. The van der Waals surface area contributed by atoms with E-state index in [1.165, 1.54) is 61.2 Å². The summed E-state index contributed by atoms with van der Waals surface area (Å²) in [7, 11) is 0. The Hall–Kier alpha value is -8.20. The van der Waals surface area contributed by atoms with E-state index in [0.29, 0.717) is 0 Å². The highest BCUT2D eigenvalue weighted by atomic mass is 16.3. The summed E-state index contributed by atoms with van der Waals surface area (Å²) >= 11 is 0. The molecule has 0 spiro atoms. The van der Waals surface area contributed by atoms with Crippen LogP contribution in [0, 0.1) is 0 Å². The van der Waals surface area contributed by atoms with Gasteiger partial charge in [0.2, 0.25) is 0 Å². The third-order valence-electron chi connectivity index (χ3n) is 12.9. The lowest BCUT2D eigenvalue weighted by Crippen LogP contribution is -2.28. The van der Waals surface area contributed by atoms with Crippen molar-refractivity contribution in [3.05, 3.63) is 271 Å². The molecule has 2 nitrogen and oxygen atoms in total. The Morgan fingerprint density at radius 3 is 1.44 bits per heavy atom. The summed E-state index contributed by atoms with van der Waals surface area (Å²) in [6.07, 6.45) is 0. The van der Waals surface area contributed by atoms with Gasteiger partial charge in [-0.2, -0.15) is 0 Å². The van der Waals surface area contributed by atoms with Crippen molar-refractivity contribution < 1.29 is 4.42 Å². The summed E-state index contributed by atoms with van der Waals surface area (Å²) in [4.78, 5) is 2.46. The molecular formula is C61H41NO. The monoisotopic (exact) mass is 803 g/mol. The maximum absolute atomic E-state index is 6.56. The first kappa shape index (κ1) is 36.6. The van der Waals surface area contributed by atoms with E-state index < -0.39 is 5.41 Å². The van der Waals surface area contributed by atoms with Crippen LogP contribution in [0.2, 0.25) is 0 Å². The lowest BCUT2D eigenvalue weighted by molar-refractivity contribution is 0.669. The highest BCUT2D eigenvalue weighted by molar-refractivity contribution is 6.14. The quantitative estimate of drug-likeness (QED) is 0.152.